The number of amides is 1. The van der Waals surface area contributed by atoms with Crippen LogP contribution in [-0.4, -0.2) is 20.9 Å². The Kier molecular flexibility index (Phi) is 6.02. The standard InChI is InChI=1S/C24H24F2N4O/c1-14(2)23-28-12-16(13-29-23)24(31)30-22-18(19-11-17(25)7-8-20(19)26)9-10-27-21(22)15-5-3-4-6-15/h7-15H,3-6H2,1-2H3,(H,30,31). The van der Waals surface area contributed by atoms with E-state index in [9.17, 15) is 13.6 Å². The van der Waals surface area contributed by atoms with Crippen LogP contribution in [0, 0.1) is 11.6 Å². The maximum Gasteiger partial charge on any atom is 0.258 e. The maximum atomic E-state index is 14.6. The van der Waals surface area contributed by atoms with Crippen LogP contribution in [0.15, 0.2) is 42.9 Å². The highest BCUT2D eigenvalue weighted by Gasteiger charge is 2.26. The smallest absolute Gasteiger partial charge is 0.258 e. The number of nitrogens with one attached hydrogen (secondary N) is 1. The lowest BCUT2D eigenvalue weighted by Crippen LogP contribution is -2.17. The van der Waals surface area contributed by atoms with Gasteiger partial charge in [0.25, 0.3) is 5.91 Å². The highest BCUT2D eigenvalue weighted by atomic mass is 19.1. The molecule has 0 unspecified atom stereocenters. The molecule has 1 N–H and O–H groups in total. The first-order valence-corrected chi connectivity index (χ1v) is 10.5. The Bertz CT molecular complexity index is 1090. The largest absolute Gasteiger partial charge is 0.320 e. The van der Waals surface area contributed by atoms with Gasteiger partial charge in [0.05, 0.1) is 16.9 Å². The van der Waals surface area contributed by atoms with Crippen molar-refractivity contribution in [2.45, 2.75) is 51.4 Å². The van der Waals surface area contributed by atoms with E-state index < -0.39 is 17.5 Å². The zero-order valence-electron chi connectivity index (χ0n) is 17.5. The van der Waals surface area contributed by atoms with E-state index in [2.05, 4.69) is 20.3 Å². The van der Waals surface area contributed by atoms with Crippen molar-refractivity contribution >= 4 is 11.6 Å². The number of carbonyl (C=O) groups excluding carboxylic acids is 1. The van der Waals surface area contributed by atoms with E-state index in [1.807, 2.05) is 13.8 Å². The quantitative estimate of drug-likeness (QED) is 0.560. The molecule has 1 aliphatic rings. The summed E-state index contributed by atoms with van der Waals surface area (Å²) in [6, 6.07) is 4.90. The number of rotatable bonds is 5. The van der Waals surface area contributed by atoms with Crippen LogP contribution < -0.4 is 5.32 Å². The summed E-state index contributed by atoms with van der Waals surface area (Å²) in [6.07, 6.45) is 8.57. The normalized spacial score (nSPS) is 14.2. The fourth-order valence-corrected chi connectivity index (χ4v) is 3.99. The predicted octanol–water partition coefficient (Wildman–Crippen LogP) is 5.85. The number of halogens is 2. The molecule has 0 aliphatic heterocycles. The average molecular weight is 422 g/mol. The number of hydrogen-bond donors (Lipinski definition) is 1. The predicted molar refractivity (Wildman–Crippen MR) is 115 cm³/mol. The van der Waals surface area contributed by atoms with Crippen LogP contribution in [0.25, 0.3) is 11.1 Å². The minimum absolute atomic E-state index is 0.0864. The summed E-state index contributed by atoms with van der Waals surface area (Å²) in [5, 5.41) is 2.90. The minimum Gasteiger partial charge on any atom is -0.320 e. The van der Waals surface area contributed by atoms with Gasteiger partial charge in [-0.25, -0.2) is 18.7 Å². The third-order valence-electron chi connectivity index (χ3n) is 5.63. The second-order valence-corrected chi connectivity index (χ2v) is 8.16. The minimum atomic E-state index is -0.565. The zero-order chi connectivity index (χ0) is 22.0. The highest BCUT2D eigenvalue weighted by molar-refractivity contribution is 6.06. The number of aromatic nitrogens is 3. The molecule has 3 aromatic rings. The average Bonchev–Trinajstić information content (AvgIpc) is 3.30. The highest BCUT2D eigenvalue weighted by Crippen LogP contribution is 2.41. The molecule has 2 heterocycles. The van der Waals surface area contributed by atoms with Crippen molar-refractivity contribution in [3.8, 4) is 11.1 Å². The molecular weight excluding hydrogens is 398 g/mol. The van der Waals surface area contributed by atoms with E-state index in [-0.39, 0.29) is 23.0 Å². The van der Waals surface area contributed by atoms with E-state index in [1.165, 1.54) is 12.4 Å². The number of anilines is 1. The molecule has 5 nitrogen and oxygen atoms in total. The molecule has 1 amide bonds. The molecule has 0 bridgehead atoms. The molecular formula is C24H24F2N4O. The Morgan fingerprint density at radius 3 is 2.42 bits per heavy atom. The molecule has 0 spiro atoms. The Morgan fingerprint density at radius 1 is 1.03 bits per heavy atom. The van der Waals surface area contributed by atoms with Crippen molar-refractivity contribution < 1.29 is 13.6 Å². The lowest BCUT2D eigenvalue weighted by atomic mass is 9.95. The van der Waals surface area contributed by atoms with Crippen LogP contribution in [0.3, 0.4) is 0 Å². The molecule has 0 atom stereocenters. The van der Waals surface area contributed by atoms with E-state index in [1.54, 1.807) is 12.3 Å². The van der Waals surface area contributed by atoms with Crippen LogP contribution in [0.1, 0.15) is 73.2 Å². The van der Waals surface area contributed by atoms with E-state index in [0.29, 0.717) is 22.8 Å². The van der Waals surface area contributed by atoms with Gasteiger partial charge < -0.3 is 5.32 Å². The summed E-state index contributed by atoms with van der Waals surface area (Å²) in [4.78, 5) is 26.0. The van der Waals surface area contributed by atoms with Crippen molar-refractivity contribution in [3.63, 3.8) is 0 Å². The SMILES string of the molecule is CC(C)c1ncc(C(=O)Nc2c(-c3cc(F)ccc3F)ccnc2C2CCCC2)cn1. The lowest BCUT2D eigenvalue weighted by molar-refractivity contribution is 0.102. The summed E-state index contributed by atoms with van der Waals surface area (Å²) in [7, 11) is 0. The summed E-state index contributed by atoms with van der Waals surface area (Å²) >= 11 is 0. The molecule has 4 rings (SSSR count). The second kappa shape index (κ2) is 8.88. The summed E-state index contributed by atoms with van der Waals surface area (Å²) in [5.74, 6) is -0.582. The molecule has 0 radical (unpaired) electrons. The first-order valence-electron chi connectivity index (χ1n) is 10.5. The number of nitrogens with zero attached hydrogens (tertiary/aromatic N) is 3. The fraction of sp³-hybridized carbons (Fsp3) is 0.333. The van der Waals surface area contributed by atoms with Gasteiger partial charge in [0.1, 0.15) is 17.5 Å². The first-order chi connectivity index (χ1) is 14.9. The van der Waals surface area contributed by atoms with Crippen molar-refractivity contribution in [3.05, 3.63) is 71.6 Å². The fourth-order valence-electron chi connectivity index (χ4n) is 3.99. The van der Waals surface area contributed by atoms with Crippen LogP contribution in [0.2, 0.25) is 0 Å². The van der Waals surface area contributed by atoms with Gasteiger partial charge in [-0.05, 0) is 37.1 Å². The number of pyridine rings is 1. The Morgan fingerprint density at radius 2 is 1.74 bits per heavy atom. The maximum absolute atomic E-state index is 14.6. The van der Waals surface area contributed by atoms with E-state index in [0.717, 1.165) is 43.9 Å². The van der Waals surface area contributed by atoms with Crippen LogP contribution in [0.4, 0.5) is 14.5 Å². The topological polar surface area (TPSA) is 67.8 Å². The Hall–Kier alpha value is -3.22. The van der Waals surface area contributed by atoms with Gasteiger partial charge >= 0.3 is 0 Å². The Balaban J connectivity index is 1.76. The molecule has 1 fully saturated rings. The van der Waals surface area contributed by atoms with Crippen LogP contribution >= 0.6 is 0 Å². The number of carbonyl (C=O) groups is 1. The molecule has 1 aliphatic carbocycles. The molecule has 2 aromatic heterocycles. The molecule has 1 saturated carbocycles. The van der Waals surface area contributed by atoms with Crippen LogP contribution in [-0.2, 0) is 0 Å². The third kappa shape index (κ3) is 4.45. The third-order valence-corrected chi connectivity index (χ3v) is 5.63. The second-order valence-electron chi connectivity index (χ2n) is 8.16. The molecule has 160 valence electrons. The summed E-state index contributed by atoms with van der Waals surface area (Å²) in [6.45, 7) is 3.94. The zero-order valence-corrected chi connectivity index (χ0v) is 17.5. The number of hydrogen-bond acceptors (Lipinski definition) is 4. The first kappa shape index (κ1) is 21.0. The molecule has 7 heteroatoms. The van der Waals surface area contributed by atoms with E-state index in [4.69, 9.17) is 0 Å². The summed E-state index contributed by atoms with van der Waals surface area (Å²) < 4.78 is 28.5. The lowest BCUT2D eigenvalue weighted by Gasteiger charge is -2.19. The van der Waals surface area contributed by atoms with Gasteiger partial charge in [-0.2, -0.15) is 0 Å². The molecule has 31 heavy (non-hydrogen) atoms. The number of benzene rings is 1. The van der Waals surface area contributed by atoms with Gasteiger partial charge in [-0.1, -0.05) is 26.7 Å². The van der Waals surface area contributed by atoms with Gasteiger partial charge in [0.15, 0.2) is 0 Å². The van der Waals surface area contributed by atoms with Gasteiger partial charge in [0.2, 0.25) is 0 Å². The van der Waals surface area contributed by atoms with Gasteiger partial charge in [-0.15, -0.1) is 0 Å². The van der Waals surface area contributed by atoms with Gasteiger partial charge in [-0.3, -0.25) is 9.78 Å². The van der Waals surface area contributed by atoms with Gasteiger partial charge in [0, 0.05) is 41.6 Å². The van der Waals surface area contributed by atoms with Crippen molar-refractivity contribution in [2.75, 3.05) is 5.32 Å². The molecule has 1 aromatic carbocycles. The van der Waals surface area contributed by atoms with Crippen molar-refractivity contribution in [2.24, 2.45) is 0 Å². The monoisotopic (exact) mass is 422 g/mol. The molecule has 0 saturated heterocycles. The Labute approximate surface area is 180 Å². The van der Waals surface area contributed by atoms with Crippen molar-refractivity contribution in [1.82, 2.24) is 15.0 Å². The van der Waals surface area contributed by atoms with E-state index >= 15 is 0 Å². The summed E-state index contributed by atoms with van der Waals surface area (Å²) in [5.41, 5.74) is 1.89. The van der Waals surface area contributed by atoms with Crippen LogP contribution in [0.5, 0.6) is 0 Å². The van der Waals surface area contributed by atoms with Crippen molar-refractivity contribution in [1.29, 1.82) is 0 Å².